The van der Waals surface area contributed by atoms with Crippen LogP contribution in [0.2, 0.25) is 0 Å². The Labute approximate surface area is 189 Å². The largest absolute Gasteiger partial charge is 0.477 e. The zero-order valence-corrected chi connectivity index (χ0v) is 18.7. The molecule has 0 saturated carbocycles. The van der Waals surface area contributed by atoms with E-state index in [1.165, 1.54) is 0 Å². The molecule has 1 aliphatic rings. The standard InChI is InChI=1S/C25H30N4O3/c1-3-19(4-2)27-25(31)23-17-28(21-13-8-9-14-22(21)32-23)18-24(30)29(16-10-15-26)20-11-6-5-7-12-20/h5-9,11-14,19,23H,3-4,10,16-18H2,1-2H3,(H,27,31). The maximum absolute atomic E-state index is 13.3. The summed E-state index contributed by atoms with van der Waals surface area (Å²) in [6.45, 7) is 4.74. The van der Waals surface area contributed by atoms with Gasteiger partial charge in [-0.25, -0.2) is 0 Å². The lowest BCUT2D eigenvalue weighted by Crippen LogP contribution is -2.53. The van der Waals surface area contributed by atoms with Crippen LogP contribution in [0.25, 0.3) is 0 Å². The van der Waals surface area contributed by atoms with E-state index in [4.69, 9.17) is 10.00 Å². The second-order valence-electron chi connectivity index (χ2n) is 7.77. The molecule has 1 N–H and O–H groups in total. The third-order valence-corrected chi connectivity index (χ3v) is 5.63. The summed E-state index contributed by atoms with van der Waals surface area (Å²) in [5, 5.41) is 12.1. The molecule has 32 heavy (non-hydrogen) atoms. The average molecular weight is 435 g/mol. The molecule has 0 aliphatic carbocycles. The van der Waals surface area contributed by atoms with Crippen molar-refractivity contribution in [2.24, 2.45) is 0 Å². The van der Waals surface area contributed by atoms with Gasteiger partial charge in [-0.15, -0.1) is 0 Å². The minimum atomic E-state index is -0.706. The highest BCUT2D eigenvalue weighted by Gasteiger charge is 2.33. The monoisotopic (exact) mass is 434 g/mol. The summed E-state index contributed by atoms with van der Waals surface area (Å²) in [5.74, 6) is 0.275. The van der Waals surface area contributed by atoms with Crippen molar-refractivity contribution in [2.45, 2.75) is 45.3 Å². The molecule has 168 valence electrons. The zero-order chi connectivity index (χ0) is 22.9. The van der Waals surface area contributed by atoms with Crippen LogP contribution in [0.3, 0.4) is 0 Å². The Morgan fingerprint density at radius 2 is 1.84 bits per heavy atom. The van der Waals surface area contributed by atoms with Gasteiger partial charge < -0.3 is 19.9 Å². The van der Waals surface area contributed by atoms with Crippen molar-refractivity contribution in [3.05, 3.63) is 54.6 Å². The van der Waals surface area contributed by atoms with Gasteiger partial charge in [0.15, 0.2) is 6.10 Å². The van der Waals surface area contributed by atoms with Crippen molar-refractivity contribution in [1.82, 2.24) is 5.32 Å². The molecule has 0 saturated heterocycles. The fourth-order valence-electron chi connectivity index (χ4n) is 3.80. The number of anilines is 2. The molecule has 1 heterocycles. The van der Waals surface area contributed by atoms with Crippen LogP contribution in [-0.2, 0) is 9.59 Å². The van der Waals surface area contributed by atoms with Crippen LogP contribution in [0.5, 0.6) is 5.75 Å². The lowest BCUT2D eigenvalue weighted by atomic mass is 10.1. The molecule has 2 aromatic rings. The van der Waals surface area contributed by atoms with Crippen LogP contribution in [-0.4, -0.2) is 43.6 Å². The Balaban J connectivity index is 1.80. The number of nitriles is 1. The molecule has 2 amide bonds. The van der Waals surface area contributed by atoms with Gasteiger partial charge in [0.05, 0.1) is 31.3 Å². The molecule has 7 nitrogen and oxygen atoms in total. The third kappa shape index (κ3) is 5.58. The van der Waals surface area contributed by atoms with Crippen LogP contribution in [0.15, 0.2) is 54.6 Å². The van der Waals surface area contributed by atoms with Gasteiger partial charge in [0.1, 0.15) is 5.75 Å². The van der Waals surface area contributed by atoms with E-state index in [1.54, 1.807) is 4.90 Å². The number of amides is 2. The number of carbonyl (C=O) groups excluding carboxylic acids is 2. The first-order chi connectivity index (χ1) is 15.6. The van der Waals surface area contributed by atoms with Crippen molar-refractivity contribution in [3.8, 4) is 11.8 Å². The molecular formula is C25H30N4O3. The van der Waals surface area contributed by atoms with E-state index in [0.29, 0.717) is 12.3 Å². The maximum Gasteiger partial charge on any atom is 0.263 e. The van der Waals surface area contributed by atoms with E-state index in [0.717, 1.165) is 24.2 Å². The van der Waals surface area contributed by atoms with E-state index >= 15 is 0 Å². The SMILES string of the molecule is CCC(CC)NC(=O)C1CN(CC(=O)N(CCC#N)c2ccccc2)c2ccccc2O1. The summed E-state index contributed by atoms with van der Waals surface area (Å²) in [7, 11) is 0. The number of hydrogen-bond acceptors (Lipinski definition) is 5. The van der Waals surface area contributed by atoms with E-state index in [9.17, 15) is 9.59 Å². The smallest absolute Gasteiger partial charge is 0.263 e. The first-order valence-corrected chi connectivity index (χ1v) is 11.1. The lowest BCUT2D eigenvalue weighted by molar-refractivity contribution is -0.129. The van der Waals surface area contributed by atoms with Gasteiger partial charge in [-0.3, -0.25) is 9.59 Å². The normalized spacial score (nSPS) is 14.8. The molecule has 0 radical (unpaired) electrons. The Morgan fingerprint density at radius 1 is 1.16 bits per heavy atom. The fourth-order valence-corrected chi connectivity index (χ4v) is 3.80. The Bertz CT molecular complexity index is 953. The number of nitrogens with one attached hydrogen (secondary N) is 1. The predicted molar refractivity (Wildman–Crippen MR) is 125 cm³/mol. The highest BCUT2D eigenvalue weighted by atomic mass is 16.5. The molecule has 1 aliphatic heterocycles. The predicted octanol–water partition coefficient (Wildman–Crippen LogP) is 3.51. The number of nitrogens with zero attached hydrogens (tertiary/aromatic N) is 3. The number of hydrogen-bond donors (Lipinski definition) is 1. The van der Waals surface area contributed by atoms with Crippen molar-refractivity contribution < 1.29 is 14.3 Å². The van der Waals surface area contributed by atoms with Crippen molar-refractivity contribution >= 4 is 23.2 Å². The quantitative estimate of drug-likeness (QED) is 0.653. The Morgan fingerprint density at radius 3 is 2.53 bits per heavy atom. The van der Waals surface area contributed by atoms with Crippen LogP contribution >= 0.6 is 0 Å². The molecule has 0 fully saturated rings. The number of rotatable bonds is 9. The molecule has 7 heteroatoms. The minimum Gasteiger partial charge on any atom is -0.477 e. The summed E-state index contributed by atoms with van der Waals surface area (Å²) >= 11 is 0. The molecule has 0 bridgehead atoms. The van der Waals surface area contributed by atoms with Crippen LogP contribution in [0, 0.1) is 11.3 Å². The lowest BCUT2D eigenvalue weighted by Gasteiger charge is -2.36. The highest BCUT2D eigenvalue weighted by Crippen LogP contribution is 2.33. The third-order valence-electron chi connectivity index (χ3n) is 5.63. The van der Waals surface area contributed by atoms with Gasteiger partial charge in [-0.2, -0.15) is 5.26 Å². The Kier molecular flexibility index (Phi) is 8.09. The fraction of sp³-hybridized carbons (Fsp3) is 0.400. The molecule has 3 rings (SSSR count). The van der Waals surface area contributed by atoms with Gasteiger partial charge in [0.2, 0.25) is 5.91 Å². The van der Waals surface area contributed by atoms with Crippen molar-refractivity contribution in [1.29, 1.82) is 5.26 Å². The molecular weight excluding hydrogens is 404 g/mol. The Hall–Kier alpha value is -3.53. The summed E-state index contributed by atoms with van der Waals surface area (Å²) in [4.78, 5) is 29.7. The molecule has 0 aromatic heterocycles. The number of benzene rings is 2. The van der Waals surface area contributed by atoms with E-state index in [2.05, 4.69) is 11.4 Å². The first-order valence-electron chi connectivity index (χ1n) is 11.1. The number of para-hydroxylation sites is 3. The molecule has 2 aromatic carbocycles. The summed E-state index contributed by atoms with van der Waals surface area (Å²) < 4.78 is 5.98. The van der Waals surface area contributed by atoms with Crippen LogP contribution in [0.1, 0.15) is 33.1 Å². The van der Waals surface area contributed by atoms with E-state index in [-0.39, 0.29) is 37.4 Å². The van der Waals surface area contributed by atoms with Gasteiger partial charge >= 0.3 is 0 Å². The summed E-state index contributed by atoms with van der Waals surface area (Å²) in [6, 6.07) is 19.0. The summed E-state index contributed by atoms with van der Waals surface area (Å²) in [5.41, 5.74) is 1.53. The minimum absolute atomic E-state index is 0.0788. The zero-order valence-electron chi connectivity index (χ0n) is 18.7. The van der Waals surface area contributed by atoms with Gasteiger partial charge in [0.25, 0.3) is 5.91 Å². The second kappa shape index (κ2) is 11.2. The second-order valence-corrected chi connectivity index (χ2v) is 7.77. The topological polar surface area (TPSA) is 85.7 Å². The van der Waals surface area contributed by atoms with Gasteiger partial charge in [-0.05, 0) is 37.1 Å². The van der Waals surface area contributed by atoms with Gasteiger partial charge in [0, 0.05) is 18.3 Å². The number of ether oxygens (including phenoxy) is 1. The number of carbonyl (C=O) groups is 2. The number of fused-ring (bicyclic) bond motifs is 1. The first kappa shape index (κ1) is 23.1. The van der Waals surface area contributed by atoms with Gasteiger partial charge in [-0.1, -0.05) is 44.2 Å². The molecule has 1 atom stereocenters. The van der Waals surface area contributed by atoms with Crippen LogP contribution < -0.4 is 19.9 Å². The van der Waals surface area contributed by atoms with Crippen LogP contribution in [0.4, 0.5) is 11.4 Å². The molecule has 0 spiro atoms. The highest BCUT2D eigenvalue weighted by molar-refractivity contribution is 5.97. The molecule has 1 unspecified atom stereocenters. The average Bonchev–Trinajstić information content (AvgIpc) is 2.83. The summed E-state index contributed by atoms with van der Waals surface area (Å²) in [6.07, 6.45) is 1.22. The van der Waals surface area contributed by atoms with Crippen molar-refractivity contribution in [2.75, 3.05) is 29.4 Å². The van der Waals surface area contributed by atoms with E-state index < -0.39 is 6.10 Å². The maximum atomic E-state index is 13.3. The van der Waals surface area contributed by atoms with Crippen molar-refractivity contribution in [3.63, 3.8) is 0 Å². The van der Waals surface area contributed by atoms with E-state index in [1.807, 2.05) is 73.3 Å².